The number of hydrogen-bond acceptors (Lipinski definition) is 6. The molecule has 0 spiro atoms. The molecular weight excluding hydrogens is 448 g/mol. The first-order chi connectivity index (χ1) is 17.7. The second-order valence-corrected chi connectivity index (χ2v) is 9.46. The smallest absolute Gasteiger partial charge is 0.145 e. The van der Waals surface area contributed by atoms with Gasteiger partial charge in [0.15, 0.2) is 0 Å². The topological polar surface area (TPSA) is 79.3 Å². The van der Waals surface area contributed by atoms with Crippen molar-refractivity contribution in [3.8, 4) is 34.2 Å². The summed E-state index contributed by atoms with van der Waals surface area (Å²) in [6.45, 7) is 2.86. The quantitative estimate of drug-likeness (QED) is 0.348. The SMILES string of the molecule is CN1CCCC(COc2cc(-c3ccc(C#N)cc3)c(-c3cnc4cccnc4c3)n3cncc23)C1. The van der Waals surface area contributed by atoms with Gasteiger partial charge >= 0.3 is 0 Å². The van der Waals surface area contributed by atoms with Crippen molar-refractivity contribution in [1.29, 1.82) is 5.26 Å². The zero-order valence-corrected chi connectivity index (χ0v) is 20.1. The maximum atomic E-state index is 9.30. The van der Waals surface area contributed by atoms with Gasteiger partial charge in [0.2, 0.25) is 0 Å². The van der Waals surface area contributed by atoms with E-state index in [9.17, 15) is 5.26 Å². The van der Waals surface area contributed by atoms with E-state index >= 15 is 0 Å². The first-order valence-corrected chi connectivity index (χ1v) is 12.2. The Bertz CT molecular complexity index is 1580. The number of hydrogen-bond donors (Lipinski definition) is 0. The van der Waals surface area contributed by atoms with Crippen molar-refractivity contribution >= 4 is 16.6 Å². The first-order valence-electron chi connectivity index (χ1n) is 12.2. The molecule has 6 rings (SSSR count). The Kier molecular flexibility index (Phi) is 5.80. The molecule has 4 aromatic heterocycles. The summed E-state index contributed by atoms with van der Waals surface area (Å²) in [6, 6.07) is 17.9. The number of aromatic nitrogens is 4. The zero-order valence-electron chi connectivity index (χ0n) is 20.1. The fourth-order valence-corrected chi connectivity index (χ4v) is 5.11. The van der Waals surface area contributed by atoms with Gasteiger partial charge in [-0.25, -0.2) is 4.98 Å². The van der Waals surface area contributed by atoms with Gasteiger partial charge in [0, 0.05) is 36.0 Å². The van der Waals surface area contributed by atoms with Crippen LogP contribution < -0.4 is 4.74 Å². The number of fused-ring (bicyclic) bond motifs is 2. The maximum absolute atomic E-state index is 9.30. The molecule has 1 unspecified atom stereocenters. The molecule has 1 fully saturated rings. The van der Waals surface area contributed by atoms with E-state index in [0.717, 1.165) is 57.8 Å². The van der Waals surface area contributed by atoms with E-state index < -0.39 is 0 Å². The van der Waals surface area contributed by atoms with Crippen molar-refractivity contribution in [1.82, 2.24) is 24.3 Å². The molecule has 0 aliphatic carbocycles. The van der Waals surface area contributed by atoms with Crippen LogP contribution in [0.3, 0.4) is 0 Å². The maximum Gasteiger partial charge on any atom is 0.145 e. The standard InChI is InChI=1S/C29H26N6O/c1-34-11-3-4-21(17-34)18-36-28-13-24(22-8-6-20(14-30)7-9-22)29(35-19-31-16-27(28)35)23-12-26-25(33-15-23)5-2-10-32-26/h2,5-10,12-13,15-16,19,21H,3-4,11,17-18H2,1H3. The van der Waals surface area contributed by atoms with Crippen molar-refractivity contribution in [2.24, 2.45) is 5.92 Å². The van der Waals surface area contributed by atoms with Crippen LogP contribution in [0, 0.1) is 17.2 Å². The summed E-state index contributed by atoms with van der Waals surface area (Å²) >= 11 is 0. The summed E-state index contributed by atoms with van der Waals surface area (Å²) < 4.78 is 8.54. The molecule has 0 saturated carbocycles. The van der Waals surface area contributed by atoms with E-state index in [2.05, 4.69) is 49.5 Å². The number of ether oxygens (including phenoxy) is 1. The van der Waals surface area contributed by atoms with Gasteiger partial charge in [-0.15, -0.1) is 0 Å². The third kappa shape index (κ3) is 4.16. The highest BCUT2D eigenvalue weighted by molar-refractivity contribution is 5.89. The number of rotatable bonds is 5. The van der Waals surface area contributed by atoms with Gasteiger partial charge in [-0.3, -0.25) is 14.4 Å². The second kappa shape index (κ2) is 9.40. The Labute approximate surface area is 209 Å². The van der Waals surface area contributed by atoms with Crippen molar-refractivity contribution in [3.05, 3.63) is 79.0 Å². The number of nitrogens with zero attached hydrogens (tertiary/aromatic N) is 6. The Hall–Kier alpha value is -4.28. The van der Waals surface area contributed by atoms with Gasteiger partial charge in [0.05, 0.1) is 47.5 Å². The van der Waals surface area contributed by atoms with Gasteiger partial charge in [-0.2, -0.15) is 5.26 Å². The van der Waals surface area contributed by atoms with E-state index in [1.807, 2.05) is 55.1 Å². The van der Waals surface area contributed by atoms with E-state index in [1.54, 1.807) is 6.20 Å². The molecule has 0 radical (unpaired) electrons. The Balaban J connectivity index is 1.49. The molecule has 1 aromatic carbocycles. The number of imidazole rings is 1. The first kappa shape index (κ1) is 22.2. The van der Waals surface area contributed by atoms with Crippen molar-refractivity contribution in [2.45, 2.75) is 12.8 Å². The summed E-state index contributed by atoms with van der Waals surface area (Å²) in [7, 11) is 2.17. The van der Waals surface area contributed by atoms with Gasteiger partial charge in [0.25, 0.3) is 0 Å². The van der Waals surface area contributed by atoms with Gasteiger partial charge in [0.1, 0.15) is 11.3 Å². The highest BCUT2D eigenvalue weighted by Crippen LogP contribution is 2.38. The van der Waals surface area contributed by atoms with Crippen molar-refractivity contribution in [2.75, 3.05) is 26.7 Å². The monoisotopic (exact) mass is 474 g/mol. The van der Waals surface area contributed by atoms with Crippen LogP contribution >= 0.6 is 0 Å². The fourth-order valence-electron chi connectivity index (χ4n) is 5.11. The summed E-state index contributed by atoms with van der Waals surface area (Å²) in [5, 5.41) is 9.30. The predicted molar refractivity (Wildman–Crippen MR) is 140 cm³/mol. The third-order valence-corrected chi connectivity index (χ3v) is 6.91. The van der Waals surface area contributed by atoms with Crippen LogP contribution in [0.1, 0.15) is 18.4 Å². The minimum atomic E-state index is 0.500. The Morgan fingerprint density at radius 3 is 2.78 bits per heavy atom. The lowest BCUT2D eigenvalue weighted by Gasteiger charge is -2.29. The van der Waals surface area contributed by atoms with Crippen LogP contribution in [0.4, 0.5) is 0 Å². The van der Waals surface area contributed by atoms with Crippen molar-refractivity contribution < 1.29 is 4.74 Å². The Morgan fingerprint density at radius 2 is 1.94 bits per heavy atom. The largest absolute Gasteiger partial charge is 0.491 e. The molecule has 1 aliphatic rings. The molecule has 7 heteroatoms. The van der Waals surface area contributed by atoms with Crippen molar-refractivity contribution in [3.63, 3.8) is 0 Å². The van der Waals surface area contributed by atoms with Crippen LogP contribution in [0.2, 0.25) is 0 Å². The van der Waals surface area contributed by atoms with Crippen LogP contribution in [0.25, 0.3) is 38.9 Å². The average molecular weight is 475 g/mol. The minimum Gasteiger partial charge on any atom is -0.491 e. The molecule has 1 aliphatic heterocycles. The van der Waals surface area contributed by atoms with Crippen LogP contribution in [0.15, 0.2) is 73.4 Å². The Morgan fingerprint density at radius 1 is 1.06 bits per heavy atom. The lowest BCUT2D eigenvalue weighted by Crippen LogP contribution is -2.34. The molecule has 5 aromatic rings. The number of pyridine rings is 3. The van der Waals surface area contributed by atoms with Gasteiger partial charge in [-0.1, -0.05) is 12.1 Å². The molecule has 7 nitrogen and oxygen atoms in total. The van der Waals surface area contributed by atoms with Gasteiger partial charge < -0.3 is 9.64 Å². The molecular formula is C29H26N6O. The molecule has 36 heavy (non-hydrogen) atoms. The van der Waals surface area contributed by atoms with Crippen LogP contribution in [-0.4, -0.2) is 51.0 Å². The summed E-state index contributed by atoms with van der Waals surface area (Å²) in [5.41, 5.74) is 7.07. The number of nitriles is 1. The minimum absolute atomic E-state index is 0.500. The molecule has 0 bridgehead atoms. The van der Waals surface area contributed by atoms with E-state index in [1.165, 1.54) is 12.8 Å². The predicted octanol–water partition coefficient (Wildman–Crippen LogP) is 5.20. The third-order valence-electron chi connectivity index (χ3n) is 6.91. The summed E-state index contributed by atoms with van der Waals surface area (Å²) in [5.74, 6) is 1.30. The van der Waals surface area contributed by atoms with E-state index in [-0.39, 0.29) is 0 Å². The summed E-state index contributed by atoms with van der Waals surface area (Å²) in [6.07, 6.45) is 9.70. The molecule has 0 amide bonds. The lowest BCUT2D eigenvalue weighted by molar-refractivity contribution is 0.151. The molecule has 0 N–H and O–H groups in total. The second-order valence-electron chi connectivity index (χ2n) is 9.46. The average Bonchev–Trinajstić information content (AvgIpc) is 3.41. The molecule has 5 heterocycles. The molecule has 1 saturated heterocycles. The molecule has 178 valence electrons. The zero-order chi connectivity index (χ0) is 24.5. The number of benzene rings is 1. The van der Waals surface area contributed by atoms with E-state index in [4.69, 9.17) is 4.74 Å². The highest BCUT2D eigenvalue weighted by Gasteiger charge is 2.21. The lowest BCUT2D eigenvalue weighted by atomic mass is 9.97. The number of likely N-dealkylation sites (tertiary alicyclic amines) is 1. The van der Waals surface area contributed by atoms with Crippen LogP contribution in [-0.2, 0) is 0 Å². The summed E-state index contributed by atoms with van der Waals surface area (Å²) in [4.78, 5) is 16.0. The van der Waals surface area contributed by atoms with Crippen LogP contribution in [0.5, 0.6) is 5.75 Å². The normalized spacial score (nSPS) is 16.3. The van der Waals surface area contributed by atoms with Gasteiger partial charge in [-0.05, 0) is 68.4 Å². The fraction of sp³-hybridized carbons (Fsp3) is 0.241. The molecule has 1 atom stereocenters. The van der Waals surface area contributed by atoms with E-state index in [0.29, 0.717) is 18.1 Å². The highest BCUT2D eigenvalue weighted by atomic mass is 16.5. The number of piperidine rings is 1.